The minimum atomic E-state index is -6.78. The van der Waals surface area contributed by atoms with Crippen LogP contribution in [0.4, 0.5) is 39.5 Å². The van der Waals surface area contributed by atoms with Gasteiger partial charge >= 0.3 is 23.9 Å². The summed E-state index contributed by atoms with van der Waals surface area (Å²) in [6.07, 6.45) is 0.982. The van der Waals surface area contributed by atoms with E-state index < -0.39 is 36.8 Å². The van der Waals surface area contributed by atoms with Gasteiger partial charge in [-0.15, -0.1) is 0 Å². The maximum Gasteiger partial charge on any atom is 0.460 e. The highest BCUT2D eigenvalue weighted by atomic mass is 19.4. The van der Waals surface area contributed by atoms with Crippen molar-refractivity contribution in [3.63, 3.8) is 0 Å². The lowest BCUT2D eigenvalue weighted by molar-refractivity contribution is -0.396. The molecule has 0 N–H and O–H groups in total. The fraction of sp³-hybridized carbons (Fsp3) is 1.00. The van der Waals surface area contributed by atoms with Crippen molar-refractivity contribution < 1.29 is 39.5 Å². The maximum absolute atomic E-state index is 13.3. The van der Waals surface area contributed by atoms with Crippen molar-refractivity contribution in [2.75, 3.05) is 0 Å². The van der Waals surface area contributed by atoms with Crippen LogP contribution in [0.25, 0.3) is 0 Å². The lowest BCUT2D eigenvalue weighted by Crippen LogP contribution is -2.60. The summed E-state index contributed by atoms with van der Waals surface area (Å²) in [5, 5.41) is 0. The Labute approximate surface area is 154 Å². The average Bonchev–Trinajstić information content (AvgIpc) is 2.54. The minimum Gasteiger partial charge on any atom is -0.200 e. The van der Waals surface area contributed by atoms with Crippen molar-refractivity contribution in [3.8, 4) is 0 Å². The number of alkyl halides is 9. The highest BCUT2D eigenvalue weighted by molar-refractivity contribution is 5.00. The zero-order valence-electron chi connectivity index (χ0n) is 15.6. The van der Waals surface area contributed by atoms with Gasteiger partial charge in [0.25, 0.3) is 0 Å². The highest BCUT2D eigenvalue weighted by Gasteiger charge is 2.81. The van der Waals surface area contributed by atoms with E-state index in [0.717, 1.165) is 25.7 Å². The Morgan fingerprint density at radius 3 is 1.11 bits per heavy atom. The summed E-state index contributed by atoms with van der Waals surface area (Å²) >= 11 is 0. The van der Waals surface area contributed by atoms with Crippen LogP contribution in [0.15, 0.2) is 0 Å². The van der Waals surface area contributed by atoms with Crippen LogP contribution in [0.2, 0.25) is 0 Å². The standard InChI is InChI=1S/C18H29F9/c1-2-3-4-5-6-7-8-9-10-11-12-13-14-15(19,20)16(21,22)17(23,24)18(25,26)27/h2-14H2,1H3. The molecule has 0 aromatic rings. The van der Waals surface area contributed by atoms with E-state index in [9.17, 15) is 39.5 Å². The second kappa shape index (κ2) is 11.4. The summed E-state index contributed by atoms with van der Waals surface area (Å²) < 4.78 is 114. The van der Waals surface area contributed by atoms with Crippen molar-refractivity contribution in [2.24, 2.45) is 0 Å². The third kappa shape index (κ3) is 8.10. The molecule has 0 rings (SSSR count). The van der Waals surface area contributed by atoms with Crippen molar-refractivity contribution in [2.45, 2.75) is 114 Å². The lowest BCUT2D eigenvalue weighted by atomic mass is 9.97. The fourth-order valence-corrected chi connectivity index (χ4v) is 2.75. The summed E-state index contributed by atoms with van der Waals surface area (Å²) in [6, 6.07) is 0. The van der Waals surface area contributed by atoms with E-state index >= 15 is 0 Å². The Morgan fingerprint density at radius 2 is 0.778 bits per heavy atom. The second-order valence-electron chi connectivity index (χ2n) is 6.99. The quantitative estimate of drug-likeness (QED) is 0.185. The molecule has 0 aromatic heterocycles. The Hall–Kier alpha value is -0.630. The van der Waals surface area contributed by atoms with Crippen LogP contribution in [0.3, 0.4) is 0 Å². The molecule has 0 amide bonds. The summed E-state index contributed by atoms with van der Waals surface area (Å²) in [4.78, 5) is 0. The van der Waals surface area contributed by atoms with Crippen molar-refractivity contribution >= 4 is 0 Å². The Bertz CT molecular complexity index is 389. The van der Waals surface area contributed by atoms with Crippen LogP contribution < -0.4 is 0 Å². The van der Waals surface area contributed by atoms with Gasteiger partial charge in [-0.2, -0.15) is 39.5 Å². The molecule has 0 fully saturated rings. The number of rotatable bonds is 15. The molecule has 27 heavy (non-hydrogen) atoms. The molecule has 0 aliphatic heterocycles. The Kier molecular flexibility index (Phi) is 11.1. The molecule has 0 nitrogen and oxygen atoms in total. The third-order valence-corrected chi connectivity index (χ3v) is 4.55. The van der Waals surface area contributed by atoms with Crippen molar-refractivity contribution in [1.82, 2.24) is 0 Å². The van der Waals surface area contributed by atoms with Gasteiger partial charge in [0.2, 0.25) is 0 Å². The largest absolute Gasteiger partial charge is 0.460 e. The number of unbranched alkanes of at least 4 members (excludes halogenated alkanes) is 11. The number of hydrogen-bond acceptors (Lipinski definition) is 0. The third-order valence-electron chi connectivity index (χ3n) is 4.55. The fourth-order valence-electron chi connectivity index (χ4n) is 2.75. The van der Waals surface area contributed by atoms with Gasteiger partial charge in [0, 0.05) is 6.42 Å². The summed E-state index contributed by atoms with van der Waals surface area (Å²) in [7, 11) is 0. The molecule has 0 saturated carbocycles. The molecule has 0 spiro atoms. The summed E-state index contributed by atoms with van der Waals surface area (Å²) in [6.45, 7) is 2.12. The molecule has 9 heteroatoms. The van der Waals surface area contributed by atoms with E-state index in [2.05, 4.69) is 6.92 Å². The topological polar surface area (TPSA) is 0 Å². The van der Waals surface area contributed by atoms with Gasteiger partial charge in [-0.05, 0) is 6.42 Å². The molecular weight excluding hydrogens is 387 g/mol. The van der Waals surface area contributed by atoms with E-state index in [0.29, 0.717) is 12.8 Å². The first-order valence-corrected chi connectivity index (χ1v) is 9.51. The van der Waals surface area contributed by atoms with Gasteiger partial charge in [0.1, 0.15) is 0 Å². The van der Waals surface area contributed by atoms with Gasteiger partial charge in [-0.25, -0.2) is 0 Å². The zero-order valence-corrected chi connectivity index (χ0v) is 15.6. The minimum absolute atomic E-state index is 0.0831. The lowest BCUT2D eigenvalue weighted by Gasteiger charge is -2.33. The van der Waals surface area contributed by atoms with Crippen LogP contribution in [0.1, 0.15) is 90.4 Å². The molecule has 0 aromatic carbocycles. The van der Waals surface area contributed by atoms with Crippen molar-refractivity contribution in [1.29, 1.82) is 0 Å². The van der Waals surface area contributed by atoms with E-state index in [1.807, 2.05) is 0 Å². The molecular formula is C18H29F9. The van der Waals surface area contributed by atoms with Gasteiger partial charge < -0.3 is 0 Å². The molecule has 0 aliphatic carbocycles. The summed E-state index contributed by atoms with van der Waals surface area (Å²) in [5.74, 6) is -18.7. The van der Waals surface area contributed by atoms with E-state index in [4.69, 9.17) is 0 Å². The van der Waals surface area contributed by atoms with Crippen LogP contribution in [0, 0.1) is 0 Å². The molecule has 0 aliphatic rings. The van der Waals surface area contributed by atoms with Crippen LogP contribution in [0.5, 0.6) is 0 Å². The molecule has 0 radical (unpaired) electrons. The normalized spacial score (nSPS) is 14.0. The van der Waals surface area contributed by atoms with Crippen molar-refractivity contribution in [3.05, 3.63) is 0 Å². The molecule has 0 saturated heterocycles. The van der Waals surface area contributed by atoms with Gasteiger partial charge in [-0.1, -0.05) is 77.6 Å². The first-order valence-electron chi connectivity index (χ1n) is 9.51. The van der Waals surface area contributed by atoms with E-state index in [-0.39, 0.29) is 6.42 Å². The van der Waals surface area contributed by atoms with Gasteiger partial charge in [-0.3, -0.25) is 0 Å². The second-order valence-corrected chi connectivity index (χ2v) is 6.99. The highest BCUT2D eigenvalue weighted by Crippen LogP contribution is 2.54. The van der Waals surface area contributed by atoms with E-state index in [1.165, 1.54) is 25.7 Å². The predicted molar refractivity (Wildman–Crippen MR) is 86.6 cm³/mol. The molecule has 0 unspecified atom stereocenters. The first kappa shape index (κ1) is 26.4. The van der Waals surface area contributed by atoms with E-state index in [1.54, 1.807) is 0 Å². The monoisotopic (exact) mass is 416 g/mol. The van der Waals surface area contributed by atoms with Gasteiger partial charge in [0.15, 0.2) is 0 Å². The molecule has 0 atom stereocenters. The molecule has 164 valence electrons. The van der Waals surface area contributed by atoms with Crippen LogP contribution in [-0.4, -0.2) is 23.9 Å². The molecule has 0 bridgehead atoms. The smallest absolute Gasteiger partial charge is 0.200 e. The molecule has 0 heterocycles. The van der Waals surface area contributed by atoms with Crippen LogP contribution >= 0.6 is 0 Å². The predicted octanol–water partition coefficient (Wildman–Crippen LogP) is 8.55. The maximum atomic E-state index is 13.3. The summed E-state index contributed by atoms with van der Waals surface area (Å²) in [5.41, 5.74) is 0. The van der Waals surface area contributed by atoms with Crippen LogP contribution in [-0.2, 0) is 0 Å². The SMILES string of the molecule is CCCCCCCCCCCCCCC(F)(F)C(F)(F)C(F)(F)C(F)(F)F. The number of hydrogen-bond donors (Lipinski definition) is 0. The van der Waals surface area contributed by atoms with Gasteiger partial charge in [0.05, 0.1) is 0 Å². The number of halogens is 9. The first-order chi connectivity index (χ1) is 12.3. The Balaban J connectivity index is 4.03. The zero-order chi connectivity index (χ0) is 21.2. The Morgan fingerprint density at radius 1 is 0.444 bits per heavy atom. The average molecular weight is 416 g/mol.